The number of piperidine rings is 1. The van der Waals surface area contributed by atoms with Crippen molar-refractivity contribution >= 4 is 34.0 Å². The molecule has 1 atom stereocenters. The molecular formula is C34H45F3N4OS. The summed E-state index contributed by atoms with van der Waals surface area (Å²) in [6.45, 7) is 11.6. The minimum absolute atomic E-state index is 0.266. The van der Waals surface area contributed by atoms with Gasteiger partial charge in [0.05, 0.1) is 17.8 Å². The SMILES string of the molecule is CCc1cc(SC(C)C)ccc1NCC#Cc1cc2c(NC3CCN(CC(C)COC)CC3)cccc2n1CC(F)(F)F. The van der Waals surface area contributed by atoms with Crippen molar-refractivity contribution in [1.82, 2.24) is 9.47 Å². The summed E-state index contributed by atoms with van der Waals surface area (Å²) >= 11 is 1.82. The molecule has 2 N–H and O–H groups in total. The van der Waals surface area contributed by atoms with E-state index in [9.17, 15) is 13.2 Å². The van der Waals surface area contributed by atoms with Gasteiger partial charge in [-0.05, 0) is 73.1 Å². The number of aromatic nitrogens is 1. The number of likely N-dealkylation sites (tertiary alicyclic amines) is 1. The molecule has 0 radical (unpaired) electrons. The molecule has 3 aromatic rings. The molecule has 4 rings (SSSR count). The number of hydrogen-bond donors (Lipinski definition) is 2. The summed E-state index contributed by atoms with van der Waals surface area (Å²) in [4.78, 5) is 3.69. The number of nitrogens with one attached hydrogen (secondary N) is 2. The van der Waals surface area contributed by atoms with E-state index >= 15 is 0 Å². The van der Waals surface area contributed by atoms with Gasteiger partial charge in [0.2, 0.25) is 0 Å². The third-order valence-corrected chi connectivity index (χ3v) is 8.66. The number of thioether (sulfide) groups is 1. The highest BCUT2D eigenvalue weighted by atomic mass is 32.2. The zero-order valence-corrected chi connectivity index (χ0v) is 26.8. The van der Waals surface area contributed by atoms with Crippen LogP contribution in [-0.4, -0.2) is 66.8 Å². The van der Waals surface area contributed by atoms with E-state index in [0.717, 1.165) is 62.3 Å². The van der Waals surface area contributed by atoms with E-state index in [4.69, 9.17) is 4.74 Å². The van der Waals surface area contributed by atoms with Gasteiger partial charge in [0.1, 0.15) is 6.54 Å². The topological polar surface area (TPSA) is 41.5 Å². The Hall–Kier alpha value is -2.80. The Morgan fingerprint density at radius 1 is 1.07 bits per heavy atom. The molecule has 0 aliphatic carbocycles. The van der Waals surface area contributed by atoms with E-state index in [2.05, 4.69) is 73.3 Å². The molecule has 0 spiro atoms. The lowest BCUT2D eigenvalue weighted by Crippen LogP contribution is -2.41. The van der Waals surface area contributed by atoms with E-state index in [1.807, 2.05) is 23.9 Å². The Labute approximate surface area is 258 Å². The van der Waals surface area contributed by atoms with Gasteiger partial charge >= 0.3 is 6.18 Å². The van der Waals surface area contributed by atoms with Crippen LogP contribution in [0.5, 0.6) is 0 Å². The van der Waals surface area contributed by atoms with E-state index in [0.29, 0.717) is 28.9 Å². The summed E-state index contributed by atoms with van der Waals surface area (Å²) in [7, 11) is 1.73. The molecule has 43 heavy (non-hydrogen) atoms. The number of rotatable bonds is 12. The largest absolute Gasteiger partial charge is 0.406 e. The number of hydrogen-bond acceptors (Lipinski definition) is 5. The molecule has 1 aliphatic rings. The third-order valence-electron chi connectivity index (χ3n) is 7.66. The van der Waals surface area contributed by atoms with E-state index in [-0.39, 0.29) is 6.04 Å². The van der Waals surface area contributed by atoms with E-state index < -0.39 is 12.7 Å². The van der Waals surface area contributed by atoms with Crippen molar-refractivity contribution in [2.24, 2.45) is 5.92 Å². The maximum absolute atomic E-state index is 13.7. The Morgan fingerprint density at radius 3 is 2.51 bits per heavy atom. The molecule has 1 aromatic heterocycles. The molecular weight excluding hydrogens is 569 g/mol. The number of anilines is 2. The van der Waals surface area contributed by atoms with E-state index in [1.165, 1.54) is 15.0 Å². The first-order valence-electron chi connectivity index (χ1n) is 15.3. The lowest BCUT2D eigenvalue weighted by molar-refractivity contribution is -0.140. The first-order valence-corrected chi connectivity index (χ1v) is 16.1. The van der Waals surface area contributed by atoms with Gasteiger partial charge in [0, 0.05) is 66.3 Å². The highest BCUT2D eigenvalue weighted by molar-refractivity contribution is 7.99. The van der Waals surface area contributed by atoms with Crippen molar-refractivity contribution in [3.8, 4) is 11.8 Å². The highest BCUT2D eigenvalue weighted by Crippen LogP contribution is 2.32. The molecule has 0 bridgehead atoms. The summed E-state index contributed by atoms with van der Waals surface area (Å²) in [6, 6.07) is 14.0. The summed E-state index contributed by atoms with van der Waals surface area (Å²) in [5, 5.41) is 8.27. The number of nitrogens with zero attached hydrogens (tertiary/aromatic N) is 2. The third kappa shape index (κ3) is 9.59. The summed E-state index contributed by atoms with van der Waals surface area (Å²) in [6.07, 6.45) is -1.52. The second-order valence-corrected chi connectivity index (χ2v) is 13.4. The van der Waals surface area contributed by atoms with Crippen molar-refractivity contribution in [3.63, 3.8) is 0 Å². The smallest absolute Gasteiger partial charge is 0.384 e. The number of aryl methyl sites for hydroxylation is 1. The second-order valence-electron chi connectivity index (χ2n) is 11.7. The van der Waals surface area contributed by atoms with Crippen LogP contribution in [0.1, 0.15) is 51.8 Å². The average molecular weight is 615 g/mol. The zero-order chi connectivity index (χ0) is 31.0. The van der Waals surface area contributed by atoms with Gasteiger partial charge in [-0.1, -0.05) is 39.7 Å². The van der Waals surface area contributed by atoms with Crippen LogP contribution in [0.15, 0.2) is 47.4 Å². The first-order chi connectivity index (χ1) is 20.6. The summed E-state index contributed by atoms with van der Waals surface area (Å²) in [5.74, 6) is 6.59. The van der Waals surface area contributed by atoms with Gasteiger partial charge in [-0.25, -0.2) is 0 Å². The molecule has 9 heteroatoms. The van der Waals surface area contributed by atoms with E-state index in [1.54, 1.807) is 19.2 Å². The standard InChI is InChI=1S/C34H45F3N4OS/c1-6-26-19-29(43-24(2)3)12-13-31(26)38-16-8-9-28-20-30-32(10-7-11-33(30)41(28)23-34(35,36)37)39-27-14-17-40(18-15-27)21-25(4)22-42-5/h7,10-13,19-20,24-25,27,38-39H,6,14-18,21-23H2,1-5H3. The van der Waals surface area contributed by atoms with Crippen LogP contribution < -0.4 is 10.6 Å². The van der Waals surface area contributed by atoms with Crippen LogP contribution in [0, 0.1) is 17.8 Å². The average Bonchev–Trinajstić information content (AvgIpc) is 3.29. The normalized spacial score (nSPS) is 15.5. The van der Waals surface area contributed by atoms with Gasteiger partial charge in [0.15, 0.2) is 0 Å². The maximum Gasteiger partial charge on any atom is 0.406 e. The fraction of sp³-hybridized carbons (Fsp3) is 0.529. The van der Waals surface area contributed by atoms with Crippen LogP contribution in [0.3, 0.4) is 0 Å². The Bertz CT molecular complexity index is 1400. The molecule has 1 fully saturated rings. The van der Waals surface area contributed by atoms with Crippen molar-refractivity contribution in [2.75, 3.05) is 50.5 Å². The summed E-state index contributed by atoms with van der Waals surface area (Å²) < 4.78 is 47.6. The maximum atomic E-state index is 13.7. The number of alkyl halides is 3. The van der Waals surface area contributed by atoms with Gasteiger partial charge in [-0.15, -0.1) is 11.8 Å². The second kappa shape index (κ2) is 15.3. The van der Waals surface area contributed by atoms with Crippen molar-refractivity contribution in [3.05, 3.63) is 53.7 Å². The molecule has 1 aliphatic heterocycles. The Kier molecular flexibility index (Phi) is 11.8. The first kappa shape index (κ1) is 33.1. The van der Waals surface area contributed by atoms with Gasteiger partial charge in [0.25, 0.3) is 0 Å². The predicted molar refractivity (Wildman–Crippen MR) is 174 cm³/mol. The van der Waals surface area contributed by atoms with Crippen LogP contribution in [-0.2, 0) is 17.7 Å². The van der Waals surface area contributed by atoms with Crippen molar-refractivity contribution < 1.29 is 17.9 Å². The molecule has 2 heterocycles. The fourth-order valence-electron chi connectivity index (χ4n) is 5.78. The Balaban J connectivity index is 1.49. The molecule has 0 amide bonds. The summed E-state index contributed by atoms with van der Waals surface area (Å²) in [5.41, 5.74) is 3.97. The zero-order valence-electron chi connectivity index (χ0n) is 26.0. The van der Waals surface area contributed by atoms with Crippen molar-refractivity contribution in [1.29, 1.82) is 0 Å². The highest BCUT2D eigenvalue weighted by Gasteiger charge is 2.30. The molecule has 0 saturated carbocycles. The van der Waals surface area contributed by atoms with Crippen LogP contribution in [0.4, 0.5) is 24.5 Å². The van der Waals surface area contributed by atoms with Gasteiger partial charge in [-0.2, -0.15) is 13.2 Å². The molecule has 234 valence electrons. The number of methoxy groups -OCH3 is 1. The fourth-order valence-corrected chi connectivity index (χ4v) is 6.68. The lowest BCUT2D eigenvalue weighted by atomic mass is 10.0. The lowest BCUT2D eigenvalue weighted by Gasteiger charge is -2.34. The number of benzene rings is 2. The molecule has 2 aromatic carbocycles. The Morgan fingerprint density at radius 2 is 1.84 bits per heavy atom. The molecule has 1 saturated heterocycles. The molecule has 1 unspecified atom stereocenters. The van der Waals surface area contributed by atoms with Crippen LogP contribution in [0.25, 0.3) is 10.9 Å². The van der Waals surface area contributed by atoms with Gasteiger partial charge in [-0.3, -0.25) is 0 Å². The minimum Gasteiger partial charge on any atom is -0.384 e. The number of halogens is 3. The number of ether oxygens (including phenoxy) is 1. The molecule has 5 nitrogen and oxygen atoms in total. The monoisotopic (exact) mass is 614 g/mol. The van der Waals surface area contributed by atoms with Crippen molar-refractivity contribution in [2.45, 2.75) is 75.9 Å². The quantitative estimate of drug-likeness (QED) is 0.160. The van der Waals surface area contributed by atoms with Gasteiger partial charge < -0.3 is 24.8 Å². The predicted octanol–water partition coefficient (Wildman–Crippen LogP) is 7.89. The number of fused-ring (bicyclic) bond motifs is 1. The van der Waals surface area contributed by atoms with Crippen LogP contribution >= 0.6 is 11.8 Å². The van der Waals surface area contributed by atoms with Crippen LogP contribution in [0.2, 0.25) is 0 Å². The minimum atomic E-state index is -4.36.